The molecule has 1 atom stereocenters. The van der Waals surface area contributed by atoms with Crippen LogP contribution in [0.2, 0.25) is 0 Å². The largest absolute Gasteiger partial charge is 0.494 e. The summed E-state index contributed by atoms with van der Waals surface area (Å²) in [6.07, 6.45) is 2.81. The monoisotopic (exact) mass is 263 g/mol. The predicted octanol–water partition coefficient (Wildman–Crippen LogP) is 1.62. The maximum atomic E-state index is 11.3. The number of rotatable bonds is 5. The molecule has 104 valence electrons. The highest BCUT2D eigenvalue weighted by Gasteiger charge is 2.23. The Bertz CT molecular complexity index is 471. The first-order chi connectivity index (χ1) is 9.15. The average molecular weight is 263 g/mol. The van der Waals surface area contributed by atoms with Crippen LogP contribution in [0.5, 0.6) is 5.75 Å². The van der Waals surface area contributed by atoms with Crippen LogP contribution in [-0.4, -0.2) is 25.7 Å². The molecule has 0 amide bonds. The molecule has 1 aromatic carbocycles. The van der Waals surface area contributed by atoms with Crippen molar-refractivity contribution in [3.8, 4) is 5.75 Å². The molecule has 0 fully saturated rings. The Morgan fingerprint density at radius 2 is 2.21 bits per heavy atom. The van der Waals surface area contributed by atoms with E-state index in [9.17, 15) is 4.79 Å². The molecule has 0 spiro atoms. The molecule has 0 saturated carbocycles. The van der Waals surface area contributed by atoms with Crippen molar-refractivity contribution in [3.63, 3.8) is 0 Å². The van der Waals surface area contributed by atoms with Gasteiger partial charge in [-0.25, -0.2) is 0 Å². The SMILES string of the molecule is CCOc1ccc2c(c1CCC(=O)OC)CC(N)C2. The number of esters is 1. The zero-order chi connectivity index (χ0) is 13.8. The molecule has 0 bridgehead atoms. The van der Waals surface area contributed by atoms with Crippen molar-refractivity contribution in [1.82, 2.24) is 0 Å². The highest BCUT2D eigenvalue weighted by Crippen LogP contribution is 2.32. The van der Waals surface area contributed by atoms with Gasteiger partial charge < -0.3 is 15.2 Å². The Balaban J connectivity index is 2.27. The Morgan fingerprint density at radius 1 is 1.42 bits per heavy atom. The fourth-order valence-electron chi connectivity index (χ4n) is 2.68. The van der Waals surface area contributed by atoms with Crippen LogP contribution in [0.25, 0.3) is 0 Å². The summed E-state index contributed by atoms with van der Waals surface area (Å²) in [7, 11) is 1.41. The highest BCUT2D eigenvalue weighted by atomic mass is 16.5. The van der Waals surface area contributed by atoms with Crippen molar-refractivity contribution in [3.05, 3.63) is 28.8 Å². The fourth-order valence-corrected chi connectivity index (χ4v) is 2.68. The van der Waals surface area contributed by atoms with Crippen molar-refractivity contribution in [1.29, 1.82) is 0 Å². The predicted molar refractivity (Wildman–Crippen MR) is 73.3 cm³/mol. The summed E-state index contributed by atoms with van der Waals surface area (Å²) in [5.74, 6) is 0.682. The van der Waals surface area contributed by atoms with E-state index >= 15 is 0 Å². The third-order valence-electron chi connectivity index (χ3n) is 3.54. The van der Waals surface area contributed by atoms with E-state index in [0.717, 1.165) is 24.2 Å². The lowest BCUT2D eigenvalue weighted by atomic mass is 9.98. The molecule has 2 N–H and O–H groups in total. The van der Waals surface area contributed by atoms with Gasteiger partial charge in [-0.05, 0) is 48.9 Å². The van der Waals surface area contributed by atoms with Crippen LogP contribution in [0, 0.1) is 0 Å². The van der Waals surface area contributed by atoms with E-state index in [-0.39, 0.29) is 12.0 Å². The Labute approximate surface area is 113 Å². The molecule has 1 aromatic rings. The quantitative estimate of drug-likeness (QED) is 0.820. The van der Waals surface area contributed by atoms with Crippen molar-refractivity contribution in [2.75, 3.05) is 13.7 Å². The fraction of sp³-hybridized carbons (Fsp3) is 0.533. The summed E-state index contributed by atoms with van der Waals surface area (Å²) in [4.78, 5) is 11.3. The summed E-state index contributed by atoms with van der Waals surface area (Å²) in [6.45, 7) is 2.58. The molecular weight excluding hydrogens is 242 g/mol. The number of methoxy groups -OCH3 is 1. The van der Waals surface area contributed by atoms with Crippen LogP contribution in [-0.2, 0) is 28.8 Å². The lowest BCUT2D eigenvalue weighted by Gasteiger charge is -2.14. The van der Waals surface area contributed by atoms with Crippen molar-refractivity contribution < 1.29 is 14.3 Å². The molecule has 1 unspecified atom stereocenters. The van der Waals surface area contributed by atoms with Crippen LogP contribution in [0.15, 0.2) is 12.1 Å². The molecule has 0 aromatic heterocycles. The minimum atomic E-state index is -0.192. The third-order valence-corrected chi connectivity index (χ3v) is 3.54. The van der Waals surface area contributed by atoms with E-state index < -0.39 is 0 Å². The molecular formula is C15H21NO3. The van der Waals surface area contributed by atoms with E-state index in [4.69, 9.17) is 15.2 Å². The zero-order valence-corrected chi connectivity index (χ0v) is 11.6. The number of benzene rings is 1. The van der Waals surface area contributed by atoms with Gasteiger partial charge >= 0.3 is 5.97 Å². The van der Waals surface area contributed by atoms with E-state index in [0.29, 0.717) is 19.4 Å². The van der Waals surface area contributed by atoms with Gasteiger partial charge in [-0.15, -0.1) is 0 Å². The minimum Gasteiger partial charge on any atom is -0.494 e. The van der Waals surface area contributed by atoms with Gasteiger partial charge in [0.05, 0.1) is 13.7 Å². The number of hydrogen-bond donors (Lipinski definition) is 1. The van der Waals surface area contributed by atoms with Gasteiger partial charge in [0.25, 0.3) is 0 Å². The molecule has 0 aliphatic heterocycles. The second-order valence-electron chi connectivity index (χ2n) is 4.86. The van der Waals surface area contributed by atoms with Gasteiger partial charge in [0.2, 0.25) is 0 Å². The number of fused-ring (bicyclic) bond motifs is 1. The molecule has 1 aliphatic carbocycles. The zero-order valence-electron chi connectivity index (χ0n) is 11.6. The number of carbonyl (C=O) groups excluding carboxylic acids is 1. The van der Waals surface area contributed by atoms with Gasteiger partial charge in [-0.3, -0.25) is 4.79 Å². The van der Waals surface area contributed by atoms with Crippen LogP contribution >= 0.6 is 0 Å². The van der Waals surface area contributed by atoms with Crippen LogP contribution in [0.1, 0.15) is 30.0 Å². The van der Waals surface area contributed by atoms with E-state index in [1.54, 1.807) is 0 Å². The molecule has 4 heteroatoms. The first-order valence-electron chi connectivity index (χ1n) is 6.74. The second-order valence-corrected chi connectivity index (χ2v) is 4.86. The summed E-state index contributed by atoms with van der Waals surface area (Å²) in [5, 5.41) is 0. The normalized spacial score (nSPS) is 17.1. The van der Waals surface area contributed by atoms with Gasteiger partial charge in [-0.2, -0.15) is 0 Å². The highest BCUT2D eigenvalue weighted by molar-refractivity contribution is 5.70. The maximum Gasteiger partial charge on any atom is 0.305 e. The smallest absolute Gasteiger partial charge is 0.305 e. The standard InChI is InChI=1S/C15H21NO3/c1-3-19-14-6-4-10-8-11(16)9-13(10)12(14)5-7-15(17)18-2/h4,6,11H,3,5,7-9,16H2,1-2H3. The van der Waals surface area contributed by atoms with Crippen molar-refractivity contribution in [2.24, 2.45) is 5.73 Å². The van der Waals surface area contributed by atoms with Crippen LogP contribution in [0.4, 0.5) is 0 Å². The Kier molecular flexibility index (Phi) is 4.43. The lowest BCUT2D eigenvalue weighted by Crippen LogP contribution is -2.19. The first kappa shape index (κ1) is 13.9. The number of ether oxygens (including phenoxy) is 2. The summed E-state index contributed by atoms with van der Waals surface area (Å²) >= 11 is 0. The van der Waals surface area contributed by atoms with Gasteiger partial charge in [0.15, 0.2) is 0 Å². The van der Waals surface area contributed by atoms with Crippen LogP contribution < -0.4 is 10.5 Å². The average Bonchev–Trinajstić information content (AvgIpc) is 2.77. The third kappa shape index (κ3) is 3.07. The van der Waals surface area contributed by atoms with E-state index in [2.05, 4.69) is 6.07 Å². The van der Waals surface area contributed by atoms with E-state index in [1.807, 2.05) is 13.0 Å². The summed E-state index contributed by atoms with van der Waals surface area (Å²) < 4.78 is 10.4. The molecule has 4 nitrogen and oxygen atoms in total. The topological polar surface area (TPSA) is 61.5 Å². The molecule has 0 saturated heterocycles. The van der Waals surface area contributed by atoms with E-state index in [1.165, 1.54) is 18.2 Å². The Hall–Kier alpha value is -1.55. The van der Waals surface area contributed by atoms with Crippen molar-refractivity contribution >= 4 is 5.97 Å². The molecule has 19 heavy (non-hydrogen) atoms. The number of nitrogens with two attached hydrogens (primary N) is 1. The molecule has 2 rings (SSSR count). The van der Waals surface area contributed by atoms with Gasteiger partial charge in [-0.1, -0.05) is 6.07 Å². The maximum absolute atomic E-state index is 11.3. The minimum absolute atomic E-state index is 0.184. The molecule has 1 aliphatic rings. The van der Waals surface area contributed by atoms with Gasteiger partial charge in [0, 0.05) is 12.5 Å². The number of hydrogen-bond acceptors (Lipinski definition) is 4. The number of carbonyl (C=O) groups is 1. The lowest BCUT2D eigenvalue weighted by molar-refractivity contribution is -0.140. The van der Waals surface area contributed by atoms with Crippen molar-refractivity contribution in [2.45, 2.75) is 38.6 Å². The summed E-state index contributed by atoms with van der Waals surface area (Å²) in [5.41, 5.74) is 9.70. The Morgan fingerprint density at radius 3 is 2.89 bits per heavy atom. The van der Waals surface area contributed by atoms with Gasteiger partial charge in [0.1, 0.15) is 5.75 Å². The second kappa shape index (κ2) is 6.06. The summed E-state index contributed by atoms with van der Waals surface area (Å²) in [6, 6.07) is 4.27. The molecule has 0 radical (unpaired) electrons. The van der Waals surface area contributed by atoms with Crippen LogP contribution in [0.3, 0.4) is 0 Å². The first-order valence-corrected chi connectivity index (χ1v) is 6.74. The molecule has 0 heterocycles.